The molecule has 262 valence electrons. The van der Waals surface area contributed by atoms with Crippen LogP contribution in [0.1, 0.15) is 58.3 Å². The Labute approximate surface area is 286 Å². The van der Waals surface area contributed by atoms with E-state index in [1.165, 1.54) is 36.5 Å². The summed E-state index contributed by atoms with van der Waals surface area (Å²) in [5, 5.41) is 19.3. The lowest BCUT2D eigenvalue weighted by atomic mass is 9.81. The van der Waals surface area contributed by atoms with Crippen LogP contribution in [0.2, 0.25) is 0 Å². The maximum atomic E-state index is 12.9. The van der Waals surface area contributed by atoms with Gasteiger partial charge >= 0.3 is 29.8 Å². The predicted molar refractivity (Wildman–Crippen MR) is 168 cm³/mol. The largest absolute Gasteiger partial charge is 0.480 e. The van der Waals surface area contributed by atoms with Crippen LogP contribution in [0.5, 0.6) is 0 Å². The quantitative estimate of drug-likeness (QED) is 0.0731. The second-order valence-corrected chi connectivity index (χ2v) is 11.8. The summed E-state index contributed by atoms with van der Waals surface area (Å²) in [4.78, 5) is 63.7. The molecule has 2 N–H and O–H groups in total. The van der Waals surface area contributed by atoms with Crippen molar-refractivity contribution in [1.82, 2.24) is 0 Å². The van der Waals surface area contributed by atoms with Crippen LogP contribution >= 0.6 is 0 Å². The Balaban J connectivity index is 1.18. The zero-order chi connectivity index (χ0) is 35.9. The van der Waals surface area contributed by atoms with E-state index >= 15 is 0 Å². The molecule has 0 aromatic heterocycles. The first-order chi connectivity index (χ1) is 24.0. The average molecular weight is 691 g/mol. The topological polar surface area (TPSA) is 190 Å². The molecule has 2 atom stereocenters. The third kappa shape index (κ3) is 7.36. The second-order valence-electron chi connectivity index (χ2n) is 11.8. The van der Waals surface area contributed by atoms with Gasteiger partial charge in [0.15, 0.2) is 12.2 Å². The van der Waals surface area contributed by atoms with E-state index in [-0.39, 0.29) is 49.0 Å². The Kier molecular flexibility index (Phi) is 10.4. The van der Waals surface area contributed by atoms with Crippen molar-refractivity contribution in [3.8, 4) is 12.2 Å². The van der Waals surface area contributed by atoms with Gasteiger partial charge < -0.3 is 43.4 Å². The van der Waals surface area contributed by atoms with Crippen molar-refractivity contribution in [1.29, 1.82) is 0 Å². The van der Waals surface area contributed by atoms with Crippen LogP contribution in [0.3, 0.4) is 0 Å². The highest BCUT2D eigenvalue weighted by Gasteiger charge is 2.57. The molecule has 3 spiro atoms. The fourth-order valence-electron chi connectivity index (χ4n) is 6.09. The van der Waals surface area contributed by atoms with Gasteiger partial charge in [0.05, 0.1) is 5.92 Å². The van der Waals surface area contributed by atoms with Crippen LogP contribution in [0, 0.1) is 18.1 Å². The van der Waals surface area contributed by atoms with Gasteiger partial charge in [0.1, 0.15) is 22.5 Å². The van der Waals surface area contributed by atoms with Gasteiger partial charge in [-0.1, -0.05) is 55.5 Å². The summed E-state index contributed by atoms with van der Waals surface area (Å²) in [6.07, 6.45) is 19.7. The highest BCUT2D eigenvalue weighted by atomic mass is 16.8. The molecule has 0 radical (unpaired) electrons. The first-order valence-electron chi connectivity index (χ1n) is 15.8. The number of hydrogen-bond acceptors (Lipinski definition) is 14. The van der Waals surface area contributed by atoms with Gasteiger partial charge in [-0.05, 0) is 38.0 Å². The van der Waals surface area contributed by atoms with Crippen LogP contribution in [-0.4, -0.2) is 57.4 Å². The van der Waals surface area contributed by atoms with Crippen LogP contribution < -0.4 is 0 Å². The normalized spacial score (nSPS) is 29.9. The molecule has 2 aliphatic carbocycles. The molecule has 0 aromatic rings. The van der Waals surface area contributed by atoms with Gasteiger partial charge in [-0.2, -0.15) is 0 Å². The summed E-state index contributed by atoms with van der Waals surface area (Å²) in [5.74, 6) is -10.5. The zero-order valence-corrected chi connectivity index (χ0v) is 27.0. The number of allylic oxidation sites excluding steroid dienone is 9. The number of carbonyl (C=O) groups excluding carboxylic acids is 5. The molecule has 2 saturated heterocycles. The lowest BCUT2D eigenvalue weighted by molar-refractivity contribution is -0.291. The Morgan fingerprint density at radius 3 is 1.78 bits per heavy atom. The minimum atomic E-state index is -1.63. The number of esters is 5. The fraction of sp³-hybridized carbons (Fsp3) is 0.361. The van der Waals surface area contributed by atoms with E-state index in [2.05, 4.69) is 6.58 Å². The van der Waals surface area contributed by atoms with E-state index in [9.17, 15) is 29.1 Å². The van der Waals surface area contributed by atoms with Gasteiger partial charge in [-0.25, -0.2) is 24.0 Å². The van der Waals surface area contributed by atoms with Crippen molar-refractivity contribution in [2.24, 2.45) is 5.92 Å². The third-order valence-electron chi connectivity index (χ3n) is 8.59. The minimum absolute atomic E-state index is 0.0754. The van der Waals surface area contributed by atoms with Crippen molar-refractivity contribution in [2.75, 3.05) is 0 Å². The number of hydrogen-bond donors (Lipinski definition) is 2. The van der Waals surface area contributed by atoms with E-state index in [1.54, 1.807) is 24.3 Å². The molecule has 50 heavy (non-hydrogen) atoms. The number of aliphatic hydroxyl groups excluding tert-OH is 2. The summed E-state index contributed by atoms with van der Waals surface area (Å²) in [7, 11) is 0. The van der Waals surface area contributed by atoms with E-state index in [1.807, 2.05) is 13.0 Å². The molecule has 3 heterocycles. The smallest absolute Gasteiger partial charge is 0.348 e. The monoisotopic (exact) mass is 690 g/mol. The van der Waals surface area contributed by atoms with Crippen molar-refractivity contribution < 1.29 is 67.3 Å². The molecule has 3 aliphatic heterocycles. The average Bonchev–Trinajstić information content (AvgIpc) is 3.07. The molecular formula is C36H34O14. The van der Waals surface area contributed by atoms with E-state index in [0.717, 1.165) is 12.5 Å². The lowest BCUT2D eigenvalue weighted by Crippen LogP contribution is -2.56. The SMILES string of the molecule is C=C(OC#CO)C1CCCCC12OC(=O)C(/C=C/C=C/C=C1C(=O)OC3(CCC4(CC3)OC(=O)C(=C/C=C/C=C/C)C(=O)O4)OC1=O)=C(O)O2. The molecule has 0 aromatic carbocycles. The summed E-state index contributed by atoms with van der Waals surface area (Å²) in [6, 6.07) is 0. The summed E-state index contributed by atoms with van der Waals surface area (Å²) >= 11 is 0. The molecule has 14 nitrogen and oxygen atoms in total. The predicted octanol–water partition coefficient (Wildman–Crippen LogP) is 4.30. The third-order valence-corrected chi connectivity index (χ3v) is 8.59. The summed E-state index contributed by atoms with van der Waals surface area (Å²) in [6.45, 7) is 5.59. The highest BCUT2D eigenvalue weighted by molar-refractivity contribution is 6.16. The molecule has 5 rings (SSSR count). The number of ether oxygens (including phenoxy) is 7. The molecule has 4 fully saturated rings. The van der Waals surface area contributed by atoms with Crippen LogP contribution in [0.4, 0.5) is 0 Å². The molecule has 2 unspecified atom stereocenters. The Morgan fingerprint density at radius 2 is 1.28 bits per heavy atom. The minimum Gasteiger partial charge on any atom is -0.480 e. The maximum Gasteiger partial charge on any atom is 0.348 e. The van der Waals surface area contributed by atoms with Gasteiger partial charge in [0.25, 0.3) is 23.3 Å². The molecule has 0 amide bonds. The van der Waals surface area contributed by atoms with Gasteiger partial charge in [0.2, 0.25) is 0 Å². The van der Waals surface area contributed by atoms with E-state index < -0.39 is 64.6 Å². The maximum absolute atomic E-state index is 12.9. The van der Waals surface area contributed by atoms with E-state index in [4.69, 9.17) is 38.3 Å². The molecule has 5 aliphatic rings. The first kappa shape index (κ1) is 35.3. The molecule has 14 heteroatoms. The molecular weight excluding hydrogens is 656 g/mol. The van der Waals surface area contributed by atoms with E-state index in [0.29, 0.717) is 12.8 Å². The second kappa shape index (κ2) is 14.7. The summed E-state index contributed by atoms with van der Waals surface area (Å²) in [5.41, 5.74) is -0.955. The van der Waals surface area contributed by atoms with Gasteiger partial charge in [0, 0.05) is 32.1 Å². The Hall–Kier alpha value is -5.97. The number of carbonyl (C=O) groups is 5. The fourth-order valence-corrected chi connectivity index (χ4v) is 6.09. The van der Waals surface area contributed by atoms with Crippen molar-refractivity contribution in [3.05, 3.63) is 95.8 Å². The first-order valence-corrected chi connectivity index (χ1v) is 15.8. The number of aliphatic hydroxyl groups is 2. The van der Waals surface area contributed by atoms with Gasteiger partial charge in [-0.3, -0.25) is 0 Å². The number of rotatable bonds is 7. The zero-order valence-electron chi connectivity index (χ0n) is 27.0. The Morgan fingerprint density at radius 1 is 0.740 bits per heavy atom. The van der Waals surface area contributed by atoms with Crippen molar-refractivity contribution >= 4 is 29.8 Å². The van der Waals surface area contributed by atoms with Gasteiger partial charge in [-0.15, -0.1) is 0 Å². The van der Waals surface area contributed by atoms with Crippen molar-refractivity contribution in [2.45, 2.75) is 75.7 Å². The standard InChI is InChI=1S/C36H34O14/c1-3-4-5-7-12-24-28(38)45-34(46-29(24)39)17-19-35(20-18-34)47-30(40)25(31(41)48-35)13-8-6-9-14-26-32(42)49-36(50-33(26)43)16-11-10-15-27(36)23(2)44-22-21-37/h3-9,12-14,27,37,42H,2,10-11,15-20H2,1H3/b4-3+,7-5+,8-6+,14-9+,24-12?,25-13?. The van der Waals surface area contributed by atoms with Crippen LogP contribution in [-0.2, 0) is 57.1 Å². The molecule has 2 saturated carbocycles. The Bertz CT molecular complexity index is 1700. The summed E-state index contributed by atoms with van der Waals surface area (Å²) < 4.78 is 38.3. The highest BCUT2D eigenvalue weighted by Crippen LogP contribution is 2.46. The van der Waals surface area contributed by atoms with Crippen LogP contribution in [0.15, 0.2) is 95.8 Å². The lowest BCUT2D eigenvalue weighted by Gasteiger charge is -2.45. The van der Waals surface area contributed by atoms with Crippen LogP contribution in [0.25, 0.3) is 0 Å². The van der Waals surface area contributed by atoms with Crippen molar-refractivity contribution in [3.63, 3.8) is 0 Å². The molecule has 0 bridgehead atoms.